The van der Waals surface area contributed by atoms with Crippen molar-refractivity contribution < 1.29 is 8.42 Å². The van der Waals surface area contributed by atoms with Crippen LogP contribution >= 0.6 is 0 Å². The first-order valence-corrected chi connectivity index (χ1v) is 6.42. The standard InChI is InChI=1S/C9H22N2O2S/c1-7(2)9(4)11(5)14(12,13)8(3)6-10/h7-9H,6,10H2,1-5H3. The van der Waals surface area contributed by atoms with Crippen LogP contribution in [-0.4, -0.2) is 37.6 Å². The first-order chi connectivity index (χ1) is 6.25. The minimum absolute atomic E-state index is 0.00833. The van der Waals surface area contributed by atoms with Gasteiger partial charge < -0.3 is 5.73 Å². The smallest absolute Gasteiger partial charge is 0.217 e. The van der Waals surface area contributed by atoms with Crippen LogP contribution in [0.5, 0.6) is 0 Å². The fourth-order valence-electron chi connectivity index (χ4n) is 1.06. The van der Waals surface area contributed by atoms with Gasteiger partial charge >= 0.3 is 0 Å². The Morgan fingerprint density at radius 2 is 1.64 bits per heavy atom. The third-order valence-electron chi connectivity index (χ3n) is 2.78. The maximum atomic E-state index is 11.9. The van der Waals surface area contributed by atoms with Crippen molar-refractivity contribution in [3.05, 3.63) is 0 Å². The number of sulfonamides is 1. The van der Waals surface area contributed by atoms with E-state index in [0.29, 0.717) is 5.92 Å². The number of nitrogens with two attached hydrogens (primary N) is 1. The topological polar surface area (TPSA) is 63.4 Å². The maximum Gasteiger partial charge on any atom is 0.217 e. The normalized spacial score (nSPS) is 17.4. The summed E-state index contributed by atoms with van der Waals surface area (Å²) in [6, 6.07) is 0.00833. The van der Waals surface area contributed by atoms with Crippen molar-refractivity contribution in [3.8, 4) is 0 Å². The summed E-state index contributed by atoms with van der Waals surface area (Å²) in [6.45, 7) is 7.72. The van der Waals surface area contributed by atoms with Gasteiger partial charge in [-0.3, -0.25) is 0 Å². The number of rotatable bonds is 5. The third kappa shape index (κ3) is 2.93. The van der Waals surface area contributed by atoms with Gasteiger partial charge in [0.1, 0.15) is 0 Å². The Morgan fingerprint density at radius 3 is 1.93 bits per heavy atom. The molecule has 0 radical (unpaired) electrons. The quantitative estimate of drug-likeness (QED) is 0.742. The zero-order chi connectivity index (χ0) is 11.5. The zero-order valence-electron chi connectivity index (χ0n) is 9.69. The molecule has 2 N–H and O–H groups in total. The number of hydrogen-bond acceptors (Lipinski definition) is 3. The lowest BCUT2D eigenvalue weighted by Gasteiger charge is -2.29. The molecule has 0 aromatic carbocycles. The highest BCUT2D eigenvalue weighted by Crippen LogP contribution is 2.15. The number of hydrogen-bond donors (Lipinski definition) is 1. The molecule has 2 unspecified atom stereocenters. The van der Waals surface area contributed by atoms with Crippen LogP contribution in [-0.2, 0) is 10.0 Å². The maximum absolute atomic E-state index is 11.9. The van der Waals surface area contributed by atoms with E-state index in [1.165, 1.54) is 4.31 Å². The van der Waals surface area contributed by atoms with Crippen molar-refractivity contribution in [2.24, 2.45) is 11.7 Å². The molecule has 0 saturated heterocycles. The van der Waals surface area contributed by atoms with Crippen LogP contribution in [0.1, 0.15) is 27.7 Å². The molecule has 0 spiro atoms. The van der Waals surface area contributed by atoms with E-state index in [1.807, 2.05) is 20.8 Å². The van der Waals surface area contributed by atoms with E-state index < -0.39 is 15.3 Å². The van der Waals surface area contributed by atoms with Crippen molar-refractivity contribution in [2.75, 3.05) is 13.6 Å². The van der Waals surface area contributed by atoms with Crippen LogP contribution in [0, 0.1) is 5.92 Å². The molecule has 0 bridgehead atoms. The van der Waals surface area contributed by atoms with Crippen molar-refractivity contribution in [3.63, 3.8) is 0 Å². The fraction of sp³-hybridized carbons (Fsp3) is 1.00. The highest BCUT2D eigenvalue weighted by molar-refractivity contribution is 7.89. The van der Waals surface area contributed by atoms with Crippen LogP contribution in [0.15, 0.2) is 0 Å². The Balaban J connectivity index is 4.76. The van der Waals surface area contributed by atoms with E-state index in [2.05, 4.69) is 0 Å². The Bertz CT molecular complexity index is 262. The summed E-state index contributed by atoms with van der Waals surface area (Å²) in [6.07, 6.45) is 0. The molecule has 0 aliphatic rings. The molecule has 14 heavy (non-hydrogen) atoms. The molecule has 5 heteroatoms. The molecule has 0 aromatic heterocycles. The van der Waals surface area contributed by atoms with Crippen LogP contribution in [0.2, 0.25) is 0 Å². The highest BCUT2D eigenvalue weighted by Gasteiger charge is 2.29. The van der Waals surface area contributed by atoms with Gasteiger partial charge in [-0.1, -0.05) is 13.8 Å². The SMILES string of the molecule is CC(C)C(C)N(C)S(=O)(=O)C(C)CN. The second-order valence-corrected chi connectivity index (χ2v) is 6.50. The van der Waals surface area contributed by atoms with Gasteiger partial charge in [0, 0.05) is 19.6 Å². The molecular weight excluding hydrogens is 200 g/mol. The van der Waals surface area contributed by atoms with E-state index in [-0.39, 0.29) is 12.6 Å². The Morgan fingerprint density at radius 1 is 1.21 bits per heavy atom. The number of nitrogens with zero attached hydrogens (tertiary/aromatic N) is 1. The fourth-order valence-corrected chi connectivity index (χ4v) is 2.57. The Kier molecular flexibility index (Phi) is 5.05. The van der Waals surface area contributed by atoms with Crippen molar-refractivity contribution in [2.45, 2.75) is 39.0 Å². The van der Waals surface area contributed by atoms with Gasteiger partial charge in [0.15, 0.2) is 0 Å². The third-order valence-corrected chi connectivity index (χ3v) is 5.12. The van der Waals surface area contributed by atoms with E-state index >= 15 is 0 Å². The zero-order valence-corrected chi connectivity index (χ0v) is 10.5. The molecule has 0 fully saturated rings. The lowest BCUT2D eigenvalue weighted by atomic mass is 10.1. The first kappa shape index (κ1) is 13.9. The van der Waals surface area contributed by atoms with Gasteiger partial charge in [-0.2, -0.15) is 0 Å². The van der Waals surface area contributed by atoms with Crippen molar-refractivity contribution >= 4 is 10.0 Å². The average Bonchev–Trinajstić information content (AvgIpc) is 2.13. The van der Waals surface area contributed by atoms with Gasteiger partial charge in [0.25, 0.3) is 0 Å². The summed E-state index contributed by atoms with van der Waals surface area (Å²) >= 11 is 0. The molecule has 0 aliphatic heterocycles. The molecule has 4 nitrogen and oxygen atoms in total. The second-order valence-electron chi connectivity index (χ2n) is 4.09. The van der Waals surface area contributed by atoms with Gasteiger partial charge in [0.2, 0.25) is 10.0 Å². The van der Waals surface area contributed by atoms with Crippen molar-refractivity contribution in [1.82, 2.24) is 4.31 Å². The minimum Gasteiger partial charge on any atom is -0.329 e. The molecule has 0 amide bonds. The largest absolute Gasteiger partial charge is 0.329 e. The van der Waals surface area contributed by atoms with E-state index in [1.54, 1.807) is 14.0 Å². The van der Waals surface area contributed by atoms with E-state index in [4.69, 9.17) is 5.73 Å². The molecule has 0 rings (SSSR count). The predicted octanol–water partition coefficient (Wildman–Crippen LogP) is 0.640. The Hall–Kier alpha value is -0.130. The summed E-state index contributed by atoms with van der Waals surface area (Å²) in [4.78, 5) is 0. The summed E-state index contributed by atoms with van der Waals surface area (Å²) in [7, 11) is -1.61. The van der Waals surface area contributed by atoms with Crippen LogP contribution in [0.3, 0.4) is 0 Å². The molecule has 0 saturated carbocycles. The van der Waals surface area contributed by atoms with Crippen LogP contribution < -0.4 is 5.73 Å². The lowest BCUT2D eigenvalue weighted by molar-refractivity contribution is 0.313. The van der Waals surface area contributed by atoms with Gasteiger partial charge in [-0.05, 0) is 19.8 Å². The minimum atomic E-state index is -3.22. The molecule has 0 aliphatic carbocycles. The summed E-state index contributed by atoms with van der Waals surface area (Å²) < 4.78 is 25.1. The summed E-state index contributed by atoms with van der Waals surface area (Å²) in [5.74, 6) is 0.305. The monoisotopic (exact) mass is 222 g/mol. The molecule has 0 aromatic rings. The molecule has 0 heterocycles. The lowest BCUT2D eigenvalue weighted by Crippen LogP contribution is -2.44. The first-order valence-electron chi connectivity index (χ1n) is 4.92. The highest BCUT2D eigenvalue weighted by atomic mass is 32.2. The molecular formula is C9H22N2O2S. The van der Waals surface area contributed by atoms with E-state index in [0.717, 1.165) is 0 Å². The predicted molar refractivity (Wildman–Crippen MR) is 59.5 cm³/mol. The average molecular weight is 222 g/mol. The molecule has 2 atom stereocenters. The summed E-state index contributed by atoms with van der Waals surface area (Å²) in [5.41, 5.74) is 5.37. The Labute approximate surface area is 87.5 Å². The second kappa shape index (κ2) is 5.09. The van der Waals surface area contributed by atoms with Crippen LogP contribution in [0.25, 0.3) is 0 Å². The van der Waals surface area contributed by atoms with E-state index in [9.17, 15) is 8.42 Å². The molecule has 86 valence electrons. The van der Waals surface area contributed by atoms with Crippen LogP contribution in [0.4, 0.5) is 0 Å². The van der Waals surface area contributed by atoms with Gasteiger partial charge in [-0.25, -0.2) is 12.7 Å². The van der Waals surface area contributed by atoms with Gasteiger partial charge in [0.05, 0.1) is 5.25 Å². The summed E-state index contributed by atoms with van der Waals surface area (Å²) in [5, 5.41) is -0.506. The van der Waals surface area contributed by atoms with Crippen molar-refractivity contribution in [1.29, 1.82) is 0 Å². The van der Waals surface area contributed by atoms with Gasteiger partial charge in [-0.15, -0.1) is 0 Å².